The highest BCUT2D eigenvalue weighted by atomic mass is 32.2. The molecule has 0 saturated carbocycles. The molecule has 0 aliphatic carbocycles. The summed E-state index contributed by atoms with van der Waals surface area (Å²) in [5, 5.41) is 2.84. The lowest BCUT2D eigenvalue weighted by molar-refractivity contribution is -0.121. The smallest absolute Gasteiger partial charge is 0.266 e. The molecule has 0 radical (unpaired) electrons. The van der Waals surface area contributed by atoms with Crippen LogP contribution in [0, 0.1) is 6.92 Å². The number of benzene rings is 2. The fraction of sp³-hybridized carbons (Fsp3) is 0.174. The SMILES string of the molecule is CCN1/C(=C/C=C2\SC(=Nc3ccc4sc(C)nc4c3)N(C)C2=O)Sc2ccccc21. The molecule has 0 unspecified atom stereocenters. The first kappa shape index (κ1) is 20.4. The van der Waals surface area contributed by atoms with Crippen LogP contribution in [0.25, 0.3) is 10.2 Å². The van der Waals surface area contributed by atoms with E-state index in [0.29, 0.717) is 10.1 Å². The van der Waals surface area contributed by atoms with Gasteiger partial charge < -0.3 is 4.90 Å². The van der Waals surface area contributed by atoms with Crippen LogP contribution in [0.5, 0.6) is 0 Å². The molecule has 0 N–H and O–H groups in total. The average molecular weight is 465 g/mol. The van der Waals surface area contributed by atoms with Crippen molar-refractivity contribution >= 4 is 67.5 Å². The van der Waals surface area contributed by atoms with Crippen molar-refractivity contribution in [1.82, 2.24) is 9.88 Å². The Bertz CT molecular complexity index is 1290. The minimum atomic E-state index is -0.0326. The molecule has 3 aromatic rings. The second-order valence-electron chi connectivity index (χ2n) is 7.10. The summed E-state index contributed by atoms with van der Waals surface area (Å²) in [6.07, 6.45) is 3.95. The first-order chi connectivity index (χ1) is 15.0. The summed E-state index contributed by atoms with van der Waals surface area (Å²) in [4.78, 5) is 27.8. The Balaban J connectivity index is 1.41. The van der Waals surface area contributed by atoms with Gasteiger partial charge in [0.2, 0.25) is 0 Å². The number of amidine groups is 1. The maximum absolute atomic E-state index is 12.8. The largest absolute Gasteiger partial charge is 0.335 e. The van der Waals surface area contributed by atoms with E-state index in [-0.39, 0.29) is 5.91 Å². The van der Waals surface area contributed by atoms with Crippen LogP contribution in [0.2, 0.25) is 0 Å². The Morgan fingerprint density at radius 2 is 1.97 bits per heavy atom. The third-order valence-corrected chi connectivity index (χ3v) is 8.20. The number of para-hydroxylation sites is 1. The normalized spacial score (nSPS) is 20.1. The number of aromatic nitrogens is 1. The highest BCUT2D eigenvalue weighted by molar-refractivity contribution is 8.18. The monoisotopic (exact) mass is 464 g/mol. The van der Waals surface area contributed by atoms with E-state index in [2.05, 4.69) is 41.1 Å². The van der Waals surface area contributed by atoms with Gasteiger partial charge in [-0.05, 0) is 68.1 Å². The number of anilines is 1. The molecule has 0 atom stereocenters. The van der Waals surface area contributed by atoms with Crippen LogP contribution in [0.1, 0.15) is 11.9 Å². The van der Waals surface area contributed by atoms with Crippen molar-refractivity contribution in [3.63, 3.8) is 0 Å². The predicted molar refractivity (Wildman–Crippen MR) is 133 cm³/mol. The van der Waals surface area contributed by atoms with E-state index < -0.39 is 0 Å². The van der Waals surface area contributed by atoms with Gasteiger partial charge in [-0.25, -0.2) is 9.98 Å². The molecular formula is C23H20N4OS3. The van der Waals surface area contributed by atoms with Crippen molar-refractivity contribution in [2.24, 2.45) is 4.99 Å². The Morgan fingerprint density at radius 3 is 2.81 bits per heavy atom. The lowest BCUT2D eigenvalue weighted by atomic mass is 10.3. The van der Waals surface area contributed by atoms with E-state index >= 15 is 0 Å². The van der Waals surface area contributed by atoms with E-state index in [4.69, 9.17) is 4.99 Å². The van der Waals surface area contributed by atoms with Gasteiger partial charge in [0, 0.05) is 18.5 Å². The number of nitrogens with zero attached hydrogens (tertiary/aromatic N) is 4. The van der Waals surface area contributed by atoms with Crippen molar-refractivity contribution in [3.05, 3.63) is 69.6 Å². The summed E-state index contributed by atoms with van der Waals surface area (Å²) in [5.74, 6) is -0.0326. The number of rotatable bonds is 3. The van der Waals surface area contributed by atoms with Crippen molar-refractivity contribution in [2.75, 3.05) is 18.5 Å². The van der Waals surface area contributed by atoms with Crippen molar-refractivity contribution in [2.45, 2.75) is 18.7 Å². The number of likely N-dealkylation sites (N-methyl/N-ethyl adjacent to an activating group) is 1. The first-order valence-corrected chi connectivity index (χ1v) is 12.4. The summed E-state index contributed by atoms with van der Waals surface area (Å²) in [5.41, 5.74) is 2.97. The average Bonchev–Trinajstić information content (AvgIpc) is 3.40. The Kier molecular flexibility index (Phi) is 5.37. The van der Waals surface area contributed by atoms with Gasteiger partial charge in [-0.15, -0.1) is 11.3 Å². The minimum absolute atomic E-state index is 0.0326. The molecule has 156 valence electrons. The number of hydrogen-bond donors (Lipinski definition) is 0. The third-order valence-electron chi connectivity index (χ3n) is 5.04. The topological polar surface area (TPSA) is 48.8 Å². The molecule has 8 heteroatoms. The van der Waals surface area contributed by atoms with Crippen LogP contribution in [0.3, 0.4) is 0 Å². The quantitative estimate of drug-likeness (QED) is 0.435. The molecule has 1 amide bonds. The Labute approximate surface area is 193 Å². The lowest BCUT2D eigenvalue weighted by Gasteiger charge is -2.17. The zero-order chi connectivity index (χ0) is 21.5. The number of aryl methyl sites for hydroxylation is 1. The van der Waals surface area contributed by atoms with Crippen LogP contribution < -0.4 is 4.90 Å². The first-order valence-electron chi connectivity index (χ1n) is 9.91. The molecule has 5 rings (SSSR count). The van der Waals surface area contributed by atoms with Gasteiger partial charge in [-0.1, -0.05) is 23.9 Å². The highest BCUT2D eigenvalue weighted by Gasteiger charge is 2.30. The van der Waals surface area contributed by atoms with Gasteiger partial charge in [0.25, 0.3) is 5.91 Å². The second kappa shape index (κ2) is 8.18. The number of hydrogen-bond acceptors (Lipinski definition) is 7. The number of thioether (sulfide) groups is 2. The van der Waals surface area contributed by atoms with E-state index in [9.17, 15) is 4.79 Å². The van der Waals surface area contributed by atoms with Gasteiger partial charge in [0.05, 0.1) is 36.5 Å². The van der Waals surface area contributed by atoms with Crippen LogP contribution in [0.4, 0.5) is 11.4 Å². The zero-order valence-corrected chi connectivity index (χ0v) is 19.8. The lowest BCUT2D eigenvalue weighted by Crippen LogP contribution is -2.23. The van der Waals surface area contributed by atoms with E-state index in [1.165, 1.54) is 22.3 Å². The van der Waals surface area contributed by atoms with Crippen LogP contribution in [0.15, 0.2) is 74.4 Å². The minimum Gasteiger partial charge on any atom is -0.335 e. The summed E-state index contributed by atoms with van der Waals surface area (Å²) < 4.78 is 1.15. The van der Waals surface area contributed by atoms with Gasteiger partial charge in [0.1, 0.15) is 0 Å². The maximum atomic E-state index is 12.8. The molecule has 1 aromatic heterocycles. The fourth-order valence-corrected chi connectivity index (χ4v) is 6.39. The number of carbonyl (C=O) groups is 1. The zero-order valence-electron chi connectivity index (χ0n) is 17.3. The van der Waals surface area contributed by atoms with Crippen LogP contribution >= 0.6 is 34.9 Å². The predicted octanol–water partition coefficient (Wildman–Crippen LogP) is 6.15. The molecule has 3 heterocycles. The van der Waals surface area contributed by atoms with E-state index in [1.807, 2.05) is 37.3 Å². The summed E-state index contributed by atoms with van der Waals surface area (Å²) in [6, 6.07) is 14.4. The molecule has 0 bridgehead atoms. The number of fused-ring (bicyclic) bond motifs is 2. The maximum Gasteiger partial charge on any atom is 0.266 e. The molecule has 31 heavy (non-hydrogen) atoms. The number of allylic oxidation sites excluding steroid dienone is 2. The van der Waals surface area contributed by atoms with Gasteiger partial charge in [-0.3, -0.25) is 9.69 Å². The molecule has 2 aliphatic rings. The van der Waals surface area contributed by atoms with Gasteiger partial charge in [-0.2, -0.15) is 0 Å². The van der Waals surface area contributed by atoms with Crippen molar-refractivity contribution < 1.29 is 4.79 Å². The van der Waals surface area contributed by atoms with Gasteiger partial charge in [0.15, 0.2) is 5.17 Å². The fourth-order valence-electron chi connectivity index (χ4n) is 3.53. The second-order valence-corrected chi connectivity index (χ2v) is 10.4. The Hall–Kier alpha value is -2.55. The molecular weight excluding hydrogens is 444 g/mol. The molecule has 5 nitrogen and oxygen atoms in total. The number of thiazole rings is 1. The summed E-state index contributed by atoms with van der Waals surface area (Å²) in [7, 11) is 1.77. The van der Waals surface area contributed by atoms with E-state index in [0.717, 1.165) is 32.5 Å². The highest BCUT2D eigenvalue weighted by Crippen LogP contribution is 2.45. The molecule has 1 fully saturated rings. The molecule has 2 aromatic carbocycles. The molecule has 2 aliphatic heterocycles. The number of aliphatic imine (C=N–C) groups is 1. The summed E-state index contributed by atoms with van der Waals surface area (Å²) >= 11 is 4.81. The third kappa shape index (κ3) is 3.79. The Morgan fingerprint density at radius 1 is 1.13 bits per heavy atom. The molecule has 1 saturated heterocycles. The standard InChI is InChI=1S/C23H20N4OS3/c1-4-27-17-7-5-6-8-19(17)30-21(27)12-11-20-22(28)26(3)23(31-20)25-15-9-10-18-16(13-15)24-14(2)29-18/h5-13H,4H2,1-3H3/b20-11-,21-12-,25-23?. The van der Waals surface area contributed by atoms with Crippen LogP contribution in [-0.4, -0.2) is 34.6 Å². The number of carbonyl (C=O) groups excluding carboxylic acids is 1. The van der Waals surface area contributed by atoms with Crippen molar-refractivity contribution in [1.29, 1.82) is 0 Å². The number of amides is 1. The summed E-state index contributed by atoms with van der Waals surface area (Å²) in [6.45, 7) is 5.02. The van der Waals surface area contributed by atoms with E-state index in [1.54, 1.807) is 35.0 Å². The van der Waals surface area contributed by atoms with Gasteiger partial charge >= 0.3 is 0 Å². The molecule has 0 spiro atoms. The van der Waals surface area contributed by atoms with Crippen LogP contribution in [-0.2, 0) is 4.79 Å². The van der Waals surface area contributed by atoms with Crippen molar-refractivity contribution in [3.8, 4) is 0 Å².